The number of aryl methyl sites for hydroxylation is 1. The maximum absolute atomic E-state index is 12.9. The number of carbonyl (C=O) groups excluding carboxylic acids is 1. The van der Waals surface area contributed by atoms with Crippen LogP contribution in [0.5, 0.6) is 0 Å². The van der Waals surface area contributed by atoms with Crippen molar-refractivity contribution in [2.24, 2.45) is 0 Å². The summed E-state index contributed by atoms with van der Waals surface area (Å²) in [7, 11) is 2.15. The molecule has 0 radical (unpaired) electrons. The topological polar surface area (TPSA) is 35.6 Å². The lowest BCUT2D eigenvalue weighted by Gasteiger charge is -2.37. The standard InChI is InChI=1S/C22H29N3O/c1-24-17-14-21(15-18-24)25(16-8-11-19-9-4-2-5-10-19)22(26)23-20-12-6-3-7-13-20/h2-7,9-10,12-13,21H,8,11,14-18H2,1H3,(H,23,26). The van der Waals surface area contributed by atoms with Gasteiger partial charge in [0.15, 0.2) is 0 Å². The first-order valence-electron chi connectivity index (χ1n) is 9.57. The number of rotatable bonds is 6. The van der Waals surface area contributed by atoms with E-state index in [-0.39, 0.29) is 6.03 Å². The second kappa shape index (κ2) is 9.39. The van der Waals surface area contributed by atoms with Crippen molar-refractivity contribution in [1.29, 1.82) is 0 Å². The Morgan fingerprint density at radius 3 is 2.31 bits per heavy atom. The summed E-state index contributed by atoms with van der Waals surface area (Å²) in [6.07, 6.45) is 4.08. The molecule has 3 rings (SSSR count). The molecule has 1 aliphatic rings. The number of anilines is 1. The first kappa shape index (κ1) is 18.5. The second-order valence-electron chi connectivity index (χ2n) is 7.11. The minimum absolute atomic E-state index is 0.0267. The minimum Gasteiger partial charge on any atom is -0.321 e. The van der Waals surface area contributed by atoms with Crippen LogP contribution in [0, 0.1) is 0 Å². The molecule has 0 spiro atoms. The smallest absolute Gasteiger partial charge is 0.321 e. The molecule has 0 aromatic heterocycles. The van der Waals surface area contributed by atoms with Gasteiger partial charge in [-0.25, -0.2) is 4.79 Å². The summed E-state index contributed by atoms with van der Waals surface area (Å²) < 4.78 is 0. The van der Waals surface area contributed by atoms with Gasteiger partial charge >= 0.3 is 6.03 Å². The van der Waals surface area contributed by atoms with Gasteiger partial charge in [0.05, 0.1) is 0 Å². The molecule has 0 unspecified atom stereocenters. The number of carbonyl (C=O) groups is 1. The van der Waals surface area contributed by atoms with E-state index in [4.69, 9.17) is 0 Å². The molecule has 1 aliphatic heterocycles. The molecular formula is C22H29N3O. The molecule has 1 N–H and O–H groups in total. The van der Waals surface area contributed by atoms with Gasteiger partial charge < -0.3 is 15.1 Å². The second-order valence-corrected chi connectivity index (χ2v) is 7.11. The van der Waals surface area contributed by atoms with Crippen LogP contribution in [0.3, 0.4) is 0 Å². The lowest BCUT2D eigenvalue weighted by atomic mass is 10.0. The van der Waals surface area contributed by atoms with Crippen molar-refractivity contribution >= 4 is 11.7 Å². The van der Waals surface area contributed by atoms with Crippen LogP contribution < -0.4 is 5.32 Å². The maximum Gasteiger partial charge on any atom is 0.322 e. The zero-order chi connectivity index (χ0) is 18.2. The molecule has 1 fully saturated rings. The quantitative estimate of drug-likeness (QED) is 0.844. The Labute approximate surface area is 156 Å². The van der Waals surface area contributed by atoms with Crippen LogP contribution in [0.15, 0.2) is 60.7 Å². The zero-order valence-corrected chi connectivity index (χ0v) is 15.6. The molecule has 2 aromatic rings. The molecule has 0 bridgehead atoms. The molecule has 2 amide bonds. The zero-order valence-electron chi connectivity index (χ0n) is 15.6. The number of hydrogen-bond donors (Lipinski definition) is 1. The van der Waals surface area contributed by atoms with Gasteiger partial charge in [0.2, 0.25) is 0 Å². The van der Waals surface area contributed by atoms with Crippen molar-refractivity contribution in [3.8, 4) is 0 Å². The third kappa shape index (κ3) is 5.33. The molecule has 0 saturated carbocycles. The SMILES string of the molecule is CN1CCC(N(CCCc2ccccc2)C(=O)Nc2ccccc2)CC1. The fourth-order valence-corrected chi connectivity index (χ4v) is 3.57. The molecule has 0 atom stereocenters. The van der Waals surface area contributed by atoms with E-state index in [0.717, 1.165) is 51.0 Å². The van der Waals surface area contributed by atoms with E-state index in [2.05, 4.69) is 46.4 Å². The van der Waals surface area contributed by atoms with E-state index in [9.17, 15) is 4.79 Å². The average molecular weight is 351 g/mol. The minimum atomic E-state index is 0.0267. The summed E-state index contributed by atoms with van der Waals surface area (Å²) in [5, 5.41) is 3.07. The average Bonchev–Trinajstić information content (AvgIpc) is 2.68. The Morgan fingerprint density at radius 2 is 1.65 bits per heavy atom. The van der Waals surface area contributed by atoms with E-state index < -0.39 is 0 Å². The largest absolute Gasteiger partial charge is 0.322 e. The van der Waals surface area contributed by atoms with Crippen LogP contribution in [0.4, 0.5) is 10.5 Å². The molecule has 1 heterocycles. The molecule has 0 aliphatic carbocycles. The number of urea groups is 1. The van der Waals surface area contributed by atoms with Gasteiger partial charge in [-0.05, 0) is 63.5 Å². The van der Waals surface area contributed by atoms with E-state index in [1.807, 2.05) is 36.4 Å². The van der Waals surface area contributed by atoms with Gasteiger partial charge in [0.25, 0.3) is 0 Å². The molecule has 2 aromatic carbocycles. The van der Waals surface area contributed by atoms with Crippen LogP contribution in [-0.4, -0.2) is 48.6 Å². The van der Waals surface area contributed by atoms with E-state index in [1.165, 1.54) is 5.56 Å². The van der Waals surface area contributed by atoms with Crippen molar-refractivity contribution in [2.45, 2.75) is 31.7 Å². The Hall–Kier alpha value is -2.33. The van der Waals surface area contributed by atoms with Gasteiger partial charge in [-0.2, -0.15) is 0 Å². The van der Waals surface area contributed by atoms with Gasteiger partial charge in [-0.3, -0.25) is 0 Å². The van der Waals surface area contributed by atoms with Crippen LogP contribution in [0.1, 0.15) is 24.8 Å². The normalized spacial score (nSPS) is 15.6. The molecule has 138 valence electrons. The van der Waals surface area contributed by atoms with Crippen molar-refractivity contribution in [3.63, 3.8) is 0 Å². The van der Waals surface area contributed by atoms with Crippen molar-refractivity contribution in [2.75, 3.05) is 32.0 Å². The molecule has 4 heteroatoms. The molecular weight excluding hydrogens is 322 g/mol. The highest BCUT2D eigenvalue weighted by Crippen LogP contribution is 2.18. The van der Waals surface area contributed by atoms with Crippen LogP contribution in [-0.2, 0) is 6.42 Å². The number of nitrogens with one attached hydrogen (secondary N) is 1. The van der Waals surface area contributed by atoms with Gasteiger partial charge in [-0.15, -0.1) is 0 Å². The fourth-order valence-electron chi connectivity index (χ4n) is 3.57. The maximum atomic E-state index is 12.9. The number of piperidine rings is 1. The number of nitrogens with zero attached hydrogens (tertiary/aromatic N) is 2. The Balaban J connectivity index is 1.61. The lowest BCUT2D eigenvalue weighted by Crippen LogP contribution is -2.48. The number of benzene rings is 2. The molecule has 1 saturated heterocycles. The van der Waals surface area contributed by atoms with Crippen molar-refractivity contribution in [3.05, 3.63) is 66.2 Å². The Morgan fingerprint density at radius 1 is 1.04 bits per heavy atom. The van der Waals surface area contributed by atoms with Crippen molar-refractivity contribution < 1.29 is 4.79 Å². The first-order chi connectivity index (χ1) is 12.7. The number of para-hydroxylation sites is 1. The van der Waals surface area contributed by atoms with Gasteiger partial charge in [-0.1, -0.05) is 48.5 Å². The third-order valence-corrected chi connectivity index (χ3v) is 5.12. The molecule has 4 nitrogen and oxygen atoms in total. The lowest BCUT2D eigenvalue weighted by molar-refractivity contribution is 0.139. The Bertz CT molecular complexity index is 666. The number of amides is 2. The summed E-state index contributed by atoms with van der Waals surface area (Å²) in [4.78, 5) is 17.3. The van der Waals surface area contributed by atoms with Crippen LogP contribution in [0.2, 0.25) is 0 Å². The molecule has 26 heavy (non-hydrogen) atoms. The van der Waals surface area contributed by atoms with Gasteiger partial charge in [0, 0.05) is 18.3 Å². The predicted octanol–water partition coefficient (Wildman–Crippen LogP) is 4.25. The highest BCUT2D eigenvalue weighted by molar-refractivity contribution is 5.89. The number of hydrogen-bond acceptors (Lipinski definition) is 2. The summed E-state index contributed by atoms with van der Waals surface area (Å²) in [5.74, 6) is 0. The summed E-state index contributed by atoms with van der Waals surface area (Å²) in [5.41, 5.74) is 2.19. The van der Waals surface area contributed by atoms with Crippen LogP contribution in [0.25, 0.3) is 0 Å². The van der Waals surface area contributed by atoms with E-state index in [0.29, 0.717) is 6.04 Å². The predicted molar refractivity (Wildman–Crippen MR) is 107 cm³/mol. The highest BCUT2D eigenvalue weighted by atomic mass is 16.2. The highest BCUT2D eigenvalue weighted by Gasteiger charge is 2.26. The fraction of sp³-hybridized carbons (Fsp3) is 0.409. The third-order valence-electron chi connectivity index (χ3n) is 5.12. The first-order valence-corrected chi connectivity index (χ1v) is 9.57. The van der Waals surface area contributed by atoms with Crippen molar-refractivity contribution in [1.82, 2.24) is 9.80 Å². The summed E-state index contributed by atoms with van der Waals surface area (Å²) in [6, 6.07) is 20.6. The summed E-state index contributed by atoms with van der Waals surface area (Å²) in [6.45, 7) is 2.90. The van der Waals surface area contributed by atoms with E-state index >= 15 is 0 Å². The monoisotopic (exact) mass is 351 g/mol. The van der Waals surface area contributed by atoms with E-state index in [1.54, 1.807) is 0 Å². The van der Waals surface area contributed by atoms with Crippen LogP contribution >= 0.6 is 0 Å². The van der Waals surface area contributed by atoms with Gasteiger partial charge in [0.1, 0.15) is 0 Å². The number of likely N-dealkylation sites (tertiary alicyclic amines) is 1. The Kier molecular flexibility index (Phi) is 6.67. The summed E-state index contributed by atoms with van der Waals surface area (Å²) >= 11 is 0.